The first-order chi connectivity index (χ1) is 18.3. The van der Waals surface area contributed by atoms with Gasteiger partial charge in [-0.15, -0.1) is 0 Å². The number of hydrogen-bond donors (Lipinski definition) is 0. The highest BCUT2D eigenvalue weighted by Crippen LogP contribution is 2.58. The Morgan fingerprint density at radius 3 is 2.39 bits per heavy atom. The Kier molecular flexibility index (Phi) is 9.29. The van der Waals surface area contributed by atoms with Crippen molar-refractivity contribution in [1.82, 2.24) is 4.67 Å². The van der Waals surface area contributed by atoms with Crippen molar-refractivity contribution in [3.63, 3.8) is 0 Å². The maximum atomic E-state index is 12.8. The van der Waals surface area contributed by atoms with Crippen molar-refractivity contribution in [3.05, 3.63) is 60.7 Å². The van der Waals surface area contributed by atoms with Crippen LogP contribution in [0.1, 0.15) is 33.1 Å². The largest absolute Gasteiger partial charge is 0.375 e. The summed E-state index contributed by atoms with van der Waals surface area (Å²) in [5.41, 5.74) is 0. The van der Waals surface area contributed by atoms with E-state index < -0.39 is 24.0 Å². The van der Waals surface area contributed by atoms with E-state index in [1.165, 1.54) is 16.8 Å². The van der Waals surface area contributed by atoms with Crippen LogP contribution in [0.2, 0.25) is 12.6 Å². The molecule has 2 aromatic carbocycles. The molecule has 38 heavy (non-hydrogen) atoms. The number of hydrogen-bond acceptors (Lipinski definition) is 6. The second-order valence-electron chi connectivity index (χ2n) is 11.4. The molecule has 0 amide bonds. The van der Waals surface area contributed by atoms with Gasteiger partial charge >= 0.3 is 0 Å². The number of benzene rings is 2. The summed E-state index contributed by atoms with van der Waals surface area (Å²) < 4.78 is 40.7. The molecule has 3 unspecified atom stereocenters. The van der Waals surface area contributed by atoms with Crippen LogP contribution < -0.4 is 10.4 Å². The van der Waals surface area contributed by atoms with E-state index in [9.17, 15) is 4.57 Å². The highest BCUT2D eigenvalue weighted by Gasteiger charge is 2.51. The van der Waals surface area contributed by atoms with Gasteiger partial charge in [0, 0.05) is 32.0 Å². The molecule has 3 fully saturated rings. The third-order valence-corrected chi connectivity index (χ3v) is 16.7. The van der Waals surface area contributed by atoms with Crippen molar-refractivity contribution in [2.75, 3.05) is 32.6 Å². The molecule has 0 radical (unpaired) electrons. The third kappa shape index (κ3) is 6.21. The molecule has 0 saturated carbocycles. The highest BCUT2D eigenvalue weighted by molar-refractivity contribution is 7.58. The Morgan fingerprint density at radius 1 is 1.11 bits per heavy atom. The molecule has 208 valence electrons. The standard InChI is InChI=1S/C29H43NO5P2Si/c1-5-33-37(3,31)21-23(2)29-27(18-20-32-29)34-36-30-19-12-17-26(30)28(35-36)22-38(4,24-13-8-6-9-14-24)25-15-10-7-11-16-25/h6-11,13-16,23,26-29H,5,12,17-22H2,1-4H3/t23-,26-,27?,28+,29+,36?,37?/m0/s1. The fourth-order valence-electron chi connectivity index (χ4n) is 6.58. The Labute approximate surface area is 230 Å². The molecule has 5 rings (SSSR count). The van der Waals surface area contributed by atoms with E-state index in [-0.39, 0.29) is 24.2 Å². The van der Waals surface area contributed by atoms with E-state index in [2.05, 4.69) is 78.8 Å². The van der Waals surface area contributed by atoms with Crippen LogP contribution in [-0.2, 0) is 22.9 Å². The molecule has 3 aliphatic heterocycles. The monoisotopic (exact) mass is 575 g/mol. The van der Waals surface area contributed by atoms with Crippen molar-refractivity contribution < 1.29 is 22.9 Å². The molecular formula is C29H43NO5P2Si. The summed E-state index contributed by atoms with van der Waals surface area (Å²) in [6.07, 6.45) is 3.76. The Hall–Kier alpha value is -0.883. The minimum atomic E-state index is -2.64. The second kappa shape index (κ2) is 12.3. The lowest BCUT2D eigenvalue weighted by Crippen LogP contribution is -2.58. The van der Waals surface area contributed by atoms with Gasteiger partial charge in [0.05, 0.1) is 24.9 Å². The molecule has 3 heterocycles. The molecule has 3 saturated heterocycles. The zero-order chi connectivity index (χ0) is 26.8. The maximum Gasteiger partial charge on any atom is 0.259 e. The van der Waals surface area contributed by atoms with Crippen molar-refractivity contribution in [3.8, 4) is 0 Å². The van der Waals surface area contributed by atoms with Gasteiger partial charge in [0.1, 0.15) is 8.07 Å². The van der Waals surface area contributed by atoms with E-state index in [1.54, 1.807) is 6.66 Å². The van der Waals surface area contributed by atoms with Crippen LogP contribution in [0.3, 0.4) is 0 Å². The fraction of sp³-hybridized carbons (Fsp3) is 0.586. The Bertz CT molecular complexity index is 1050. The zero-order valence-corrected chi connectivity index (χ0v) is 26.0. The summed E-state index contributed by atoms with van der Waals surface area (Å²) in [5.74, 6) is 0.0968. The van der Waals surface area contributed by atoms with Gasteiger partial charge in [0.2, 0.25) is 7.37 Å². The smallest absolute Gasteiger partial charge is 0.259 e. The van der Waals surface area contributed by atoms with E-state index >= 15 is 0 Å². The fourth-order valence-corrected chi connectivity index (χ4v) is 14.5. The molecule has 3 aliphatic rings. The lowest BCUT2D eigenvalue weighted by Gasteiger charge is -2.32. The van der Waals surface area contributed by atoms with Crippen LogP contribution in [0.4, 0.5) is 0 Å². The number of nitrogens with zero attached hydrogens (tertiary/aromatic N) is 1. The molecule has 0 spiro atoms. The van der Waals surface area contributed by atoms with E-state index in [0.717, 1.165) is 25.4 Å². The van der Waals surface area contributed by atoms with Gasteiger partial charge in [0.15, 0.2) is 0 Å². The second-order valence-corrected chi connectivity index (χ2v) is 19.7. The molecule has 6 nitrogen and oxygen atoms in total. The van der Waals surface area contributed by atoms with Crippen molar-refractivity contribution >= 4 is 34.3 Å². The summed E-state index contributed by atoms with van der Waals surface area (Å²) in [6.45, 7) is 10.4. The lowest BCUT2D eigenvalue weighted by atomic mass is 10.0. The van der Waals surface area contributed by atoms with Crippen LogP contribution in [0.15, 0.2) is 60.7 Å². The number of rotatable bonds is 11. The predicted molar refractivity (Wildman–Crippen MR) is 159 cm³/mol. The SMILES string of the molecule is CCOP(C)(=O)C[C@H](C)[C@H]1OCCC1OP1O[C@H](C[Si](C)(c2ccccc2)c2ccccc2)[C@@H]2CCCN21. The quantitative estimate of drug-likeness (QED) is 0.252. The van der Waals surface area contributed by atoms with Crippen LogP contribution in [-0.4, -0.2) is 69.7 Å². The van der Waals surface area contributed by atoms with Gasteiger partial charge < -0.3 is 18.3 Å². The Balaban J connectivity index is 1.32. The van der Waals surface area contributed by atoms with Gasteiger partial charge in [-0.3, -0.25) is 4.57 Å². The average Bonchev–Trinajstić information content (AvgIpc) is 3.64. The molecule has 2 aromatic rings. The summed E-state index contributed by atoms with van der Waals surface area (Å²) in [6, 6.07) is 23.5. The first kappa shape index (κ1) is 28.6. The highest BCUT2D eigenvalue weighted by atomic mass is 31.2. The molecule has 0 N–H and O–H groups in total. The van der Waals surface area contributed by atoms with Crippen molar-refractivity contribution in [1.29, 1.82) is 0 Å². The number of fused-ring (bicyclic) bond motifs is 1. The predicted octanol–water partition coefficient (Wildman–Crippen LogP) is 5.72. The van der Waals surface area contributed by atoms with Crippen LogP contribution in [0, 0.1) is 5.92 Å². The van der Waals surface area contributed by atoms with E-state index in [1.807, 2.05) is 6.92 Å². The van der Waals surface area contributed by atoms with E-state index in [4.69, 9.17) is 18.3 Å². The zero-order valence-electron chi connectivity index (χ0n) is 23.2. The normalized spacial score (nSPS) is 30.3. The molecule has 9 heteroatoms. The molecule has 0 aromatic heterocycles. The summed E-state index contributed by atoms with van der Waals surface area (Å²) in [7, 11) is -5.82. The first-order valence-corrected chi connectivity index (χ1v) is 20.2. The van der Waals surface area contributed by atoms with Gasteiger partial charge in [-0.1, -0.05) is 84.5 Å². The third-order valence-electron chi connectivity index (χ3n) is 8.45. The minimum Gasteiger partial charge on any atom is -0.375 e. The van der Waals surface area contributed by atoms with Gasteiger partial charge in [-0.2, -0.15) is 0 Å². The molecule has 0 aliphatic carbocycles. The summed E-state index contributed by atoms with van der Waals surface area (Å²) in [5, 5.41) is 2.90. The van der Waals surface area contributed by atoms with Gasteiger partial charge in [-0.25, -0.2) is 4.67 Å². The maximum absolute atomic E-state index is 12.8. The molecular weight excluding hydrogens is 532 g/mol. The first-order valence-electron chi connectivity index (χ1n) is 14.1. The Morgan fingerprint density at radius 2 is 1.76 bits per heavy atom. The van der Waals surface area contributed by atoms with Crippen LogP contribution in [0.25, 0.3) is 0 Å². The van der Waals surface area contributed by atoms with Crippen LogP contribution in [0.5, 0.6) is 0 Å². The van der Waals surface area contributed by atoms with Gasteiger partial charge in [-0.05, 0) is 38.1 Å². The van der Waals surface area contributed by atoms with Crippen molar-refractivity contribution in [2.24, 2.45) is 5.92 Å². The summed E-state index contributed by atoms with van der Waals surface area (Å²) in [4.78, 5) is 0. The topological polar surface area (TPSA) is 57.2 Å². The number of ether oxygens (including phenoxy) is 1. The molecule has 7 atom stereocenters. The minimum absolute atomic E-state index is 0.0374. The van der Waals surface area contributed by atoms with Gasteiger partial charge in [0.25, 0.3) is 8.53 Å². The molecule has 0 bridgehead atoms. The van der Waals surface area contributed by atoms with E-state index in [0.29, 0.717) is 25.4 Å². The average molecular weight is 576 g/mol. The lowest BCUT2D eigenvalue weighted by molar-refractivity contribution is 0.0194. The summed E-state index contributed by atoms with van der Waals surface area (Å²) >= 11 is 0. The van der Waals surface area contributed by atoms with Crippen molar-refractivity contribution in [2.45, 2.75) is 70.1 Å². The van der Waals surface area contributed by atoms with Crippen LogP contribution >= 0.6 is 15.9 Å².